The Hall–Kier alpha value is -0.383. The molecule has 110 valence electrons. The molecule has 0 radical (unpaired) electrons. The van der Waals surface area contributed by atoms with Gasteiger partial charge >= 0.3 is 8.56 Å². The van der Waals surface area contributed by atoms with E-state index in [-0.39, 0.29) is 12.2 Å². The van der Waals surface area contributed by atoms with Crippen molar-refractivity contribution in [3.63, 3.8) is 0 Å². The lowest BCUT2D eigenvalue weighted by Gasteiger charge is -2.39. The van der Waals surface area contributed by atoms with Gasteiger partial charge in [-0.2, -0.15) is 0 Å². The van der Waals surface area contributed by atoms with Crippen LogP contribution in [0, 0.1) is 0 Å². The van der Waals surface area contributed by atoms with Crippen LogP contribution in [0.5, 0.6) is 0 Å². The average Bonchev–Trinajstić information content (AvgIpc) is 2.51. The van der Waals surface area contributed by atoms with Crippen molar-refractivity contribution >= 4 is 8.56 Å². The van der Waals surface area contributed by atoms with Crippen LogP contribution in [-0.2, 0) is 8.85 Å². The molecular formula is C16H30O2Si. The minimum atomic E-state index is -2.20. The topological polar surface area (TPSA) is 18.5 Å². The Bertz CT molecular complexity index is 313. The van der Waals surface area contributed by atoms with Gasteiger partial charge < -0.3 is 8.85 Å². The molecule has 0 spiro atoms. The Labute approximate surface area is 120 Å². The van der Waals surface area contributed by atoms with E-state index < -0.39 is 8.56 Å². The monoisotopic (exact) mass is 282 g/mol. The van der Waals surface area contributed by atoms with Crippen molar-refractivity contribution in [2.24, 2.45) is 0 Å². The van der Waals surface area contributed by atoms with Crippen LogP contribution >= 0.6 is 0 Å². The van der Waals surface area contributed by atoms with Crippen LogP contribution in [0.3, 0.4) is 0 Å². The van der Waals surface area contributed by atoms with Gasteiger partial charge in [-0.25, -0.2) is 0 Å². The van der Waals surface area contributed by atoms with Gasteiger partial charge in [0.05, 0.1) is 12.2 Å². The van der Waals surface area contributed by atoms with Crippen LogP contribution in [0.25, 0.3) is 0 Å². The van der Waals surface area contributed by atoms with Gasteiger partial charge in [0, 0.05) is 0 Å². The lowest BCUT2D eigenvalue weighted by atomic mass is 10.2. The Balaban J connectivity index is 3.07. The molecule has 2 atom stereocenters. The molecule has 1 rings (SSSR count). The lowest BCUT2D eigenvalue weighted by molar-refractivity contribution is 0.121. The molecule has 0 saturated carbocycles. The fourth-order valence-electron chi connectivity index (χ4n) is 2.73. The van der Waals surface area contributed by atoms with Crippen molar-refractivity contribution in [1.82, 2.24) is 0 Å². The van der Waals surface area contributed by atoms with Gasteiger partial charge in [0.1, 0.15) is 0 Å². The number of hydrogen-bond donors (Lipinski definition) is 0. The summed E-state index contributed by atoms with van der Waals surface area (Å²) in [6, 6.07) is 0. The van der Waals surface area contributed by atoms with E-state index in [1.807, 2.05) is 6.92 Å². The van der Waals surface area contributed by atoms with Crippen LogP contribution in [0.1, 0.15) is 54.4 Å². The second kappa shape index (κ2) is 7.41. The highest BCUT2D eigenvalue weighted by Gasteiger charge is 2.48. The van der Waals surface area contributed by atoms with Crippen molar-refractivity contribution in [2.75, 3.05) is 0 Å². The first-order valence-corrected chi connectivity index (χ1v) is 9.60. The van der Waals surface area contributed by atoms with E-state index in [0.29, 0.717) is 11.1 Å². The standard InChI is InChI=1S/C16H30O2Si/c1-7-9-15-11-12-16(10-8-2)18-19(17-15,13(3)4)14(5)6/h7,9,11-16H,8,10H2,1-6H3/b9-7+/t15-,16+/m1/s1. The molecule has 0 saturated heterocycles. The predicted octanol–water partition coefficient (Wildman–Crippen LogP) is 4.97. The smallest absolute Gasteiger partial charge is 0.344 e. The molecule has 0 aromatic carbocycles. The summed E-state index contributed by atoms with van der Waals surface area (Å²) in [5, 5.41) is 0. The van der Waals surface area contributed by atoms with E-state index in [9.17, 15) is 0 Å². The summed E-state index contributed by atoms with van der Waals surface area (Å²) in [5.74, 6) is 0. The van der Waals surface area contributed by atoms with E-state index in [1.54, 1.807) is 0 Å². The molecule has 2 nitrogen and oxygen atoms in total. The fraction of sp³-hybridized carbons (Fsp3) is 0.750. The second-order valence-electron chi connectivity index (χ2n) is 5.97. The van der Waals surface area contributed by atoms with Crippen molar-refractivity contribution in [2.45, 2.75) is 77.7 Å². The Morgan fingerprint density at radius 3 is 2.21 bits per heavy atom. The highest BCUT2D eigenvalue weighted by molar-refractivity contribution is 6.70. The Kier molecular flexibility index (Phi) is 6.50. The minimum absolute atomic E-state index is 0.0725. The van der Waals surface area contributed by atoms with E-state index >= 15 is 0 Å². The molecule has 1 aliphatic heterocycles. The molecule has 0 bridgehead atoms. The molecule has 0 aromatic rings. The van der Waals surface area contributed by atoms with Crippen LogP contribution in [0.15, 0.2) is 24.3 Å². The summed E-state index contributed by atoms with van der Waals surface area (Å²) in [5.41, 5.74) is 0.916. The zero-order valence-electron chi connectivity index (χ0n) is 13.3. The number of rotatable bonds is 5. The maximum Gasteiger partial charge on any atom is 0.344 e. The summed E-state index contributed by atoms with van der Waals surface area (Å²) in [7, 11) is -2.20. The van der Waals surface area contributed by atoms with Gasteiger partial charge in [-0.05, 0) is 24.4 Å². The normalized spacial score (nSPS) is 27.4. The fourth-order valence-corrected chi connectivity index (χ4v) is 6.46. The summed E-state index contributed by atoms with van der Waals surface area (Å²) >= 11 is 0. The molecule has 0 aliphatic carbocycles. The first-order valence-electron chi connectivity index (χ1n) is 7.63. The van der Waals surface area contributed by atoms with Gasteiger partial charge in [0.15, 0.2) is 0 Å². The summed E-state index contributed by atoms with van der Waals surface area (Å²) < 4.78 is 13.0. The van der Waals surface area contributed by atoms with Gasteiger partial charge in [0.2, 0.25) is 0 Å². The summed E-state index contributed by atoms with van der Waals surface area (Å²) in [4.78, 5) is 0. The van der Waals surface area contributed by atoms with Gasteiger partial charge in [-0.1, -0.05) is 65.3 Å². The predicted molar refractivity (Wildman–Crippen MR) is 84.6 cm³/mol. The highest BCUT2D eigenvalue weighted by Crippen LogP contribution is 2.38. The van der Waals surface area contributed by atoms with Crippen LogP contribution in [0.4, 0.5) is 0 Å². The Morgan fingerprint density at radius 2 is 1.74 bits per heavy atom. The van der Waals surface area contributed by atoms with Gasteiger partial charge in [-0.15, -0.1) is 0 Å². The van der Waals surface area contributed by atoms with E-state index in [1.165, 1.54) is 0 Å². The van der Waals surface area contributed by atoms with Gasteiger partial charge in [0.25, 0.3) is 0 Å². The van der Waals surface area contributed by atoms with Crippen LogP contribution < -0.4 is 0 Å². The first-order chi connectivity index (χ1) is 8.96. The molecule has 0 N–H and O–H groups in total. The van der Waals surface area contributed by atoms with Crippen LogP contribution in [0.2, 0.25) is 11.1 Å². The largest absolute Gasteiger partial charge is 0.387 e. The number of allylic oxidation sites excluding steroid dienone is 1. The molecule has 1 heterocycles. The second-order valence-corrected chi connectivity index (χ2v) is 10.2. The summed E-state index contributed by atoms with van der Waals surface area (Å²) in [6.07, 6.45) is 11.1. The molecule has 1 aliphatic rings. The molecule has 3 heteroatoms. The lowest BCUT2D eigenvalue weighted by Crippen LogP contribution is -2.51. The molecule has 0 unspecified atom stereocenters. The minimum Gasteiger partial charge on any atom is -0.387 e. The SMILES string of the molecule is C/C=C/[C@@H]1C=C[C@H](CCC)O[Si](C(C)C)(C(C)C)O1. The number of hydrogen-bond acceptors (Lipinski definition) is 2. The van der Waals surface area contributed by atoms with Crippen LogP contribution in [-0.4, -0.2) is 20.8 Å². The van der Waals surface area contributed by atoms with Crippen molar-refractivity contribution < 1.29 is 8.85 Å². The molecular weight excluding hydrogens is 252 g/mol. The summed E-state index contributed by atoms with van der Waals surface area (Å²) in [6.45, 7) is 13.2. The van der Waals surface area contributed by atoms with Crippen molar-refractivity contribution in [1.29, 1.82) is 0 Å². The third kappa shape index (κ3) is 4.04. The maximum atomic E-state index is 6.53. The zero-order chi connectivity index (χ0) is 14.5. The van der Waals surface area contributed by atoms with Crippen molar-refractivity contribution in [3.05, 3.63) is 24.3 Å². The molecule has 19 heavy (non-hydrogen) atoms. The average molecular weight is 282 g/mol. The van der Waals surface area contributed by atoms with E-state index in [0.717, 1.165) is 12.8 Å². The van der Waals surface area contributed by atoms with Gasteiger partial charge in [-0.3, -0.25) is 0 Å². The highest BCUT2D eigenvalue weighted by atomic mass is 28.4. The third-order valence-electron chi connectivity index (χ3n) is 3.74. The molecule has 0 fully saturated rings. The quantitative estimate of drug-likeness (QED) is 0.524. The molecule has 0 aromatic heterocycles. The van der Waals surface area contributed by atoms with Crippen molar-refractivity contribution in [3.8, 4) is 0 Å². The molecule has 0 amide bonds. The Morgan fingerprint density at radius 1 is 1.11 bits per heavy atom. The maximum absolute atomic E-state index is 6.53. The first kappa shape index (κ1) is 16.7. The third-order valence-corrected chi connectivity index (χ3v) is 8.27. The zero-order valence-corrected chi connectivity index (χ0v) is 14.3. The van der Waals surface area contributed by atoms with E-state index in [2.05, 4.69) is 58.9 Å². The van der Waals surface area contributed by atoms with E-state index in [4.69, 9.17) is 8.85 Å².